The lowest BCUT2D eigenvalue weighted by atomic mass is 10.2. The zero-order valence-electron chi connectivity index (χ0n) is 7.98. The molecular weight excluding hydrogens is 176 g/mol. The fourth-order valence-corrected chi connectivity index (χ4v) is 1.47. The van der Waals surface area contributed by atoms with Crippen molar-refractivity contribution in [1.82, 2.24) is 0 Å². The van der Waals surface area contributed by atoms with Gasteiger partial charge >= 0.3 is 0 Å². The van der Waals surface area contributed by atoms with E-state index in [-0.39, 0.29) is 0 Å². The lowest BCUT2D eigenvalue weighted by Crippen LogP contribution is -2.11. The topological polar surface area (TPSA) is 67.6 Å². The van der Waals surface area contributed by atoms with Crippen molar-refractivity contribution in [3.8, 4) is 0 Å². The summed E-state index contributed by atoms with van der Waals surface area (Å²) in [7, 11) is 0. The molecule has 4 nitrogen and oxygen atoms in total. The van der Waals surface area contributed by atoms with Crippen LogP contribution in [0.3, 0.4) is 0 Å². The van der Waals surface area contributed by atoms with Crippen molar-refractivity contribution in [2.45, 2.75) is 13.0 Å². The number of anilines is 1. The molecule has 0 aliphatic carbocycles. The zero-order chi connectivity index (χ0) is 9.97. The first-order chi connectivity index (χ1) is 6.79. The van der Waals surface area contributed by atoms with Crippen LogP contribution in [-0.4, -0.2) is 12.4 Å². The summed E-state index contributed by atoms with van der Waals surface area (Å²) in [4.78, 5) is 0. The van der Waals surface area contributed by atoms with Gasteiger partial charge in [0.1, 0.15) is 5.84 Å². The normalized spacial score (nSPS) is 15.8. The van der Waals surface area contributed by atoms with Crippen LogP contribution in [0, 0.1) is 0 Å². The van der Waals surface area contributed by atoms with Gasteiger partial charge in [0.2, 0.25) is 0 Å². The summed E-state index contributed by atoms with van der Waals surface area (Å²) in [5.41, 5.74) is 13.3. The van der Waals surface area contributed by atoms with Crippen LogP contribution in [0.5, 0.6) is 0 Å². The van der Waals surface area contributed by atoms with E-state index in [0.29, 0.717) is 12.4 Å². The van der Waals surface area contributed by atoms with Crippen molar-refractivity contribution >= 4 is 11.5 Å². The third-order valence-corrected chi connectivity index (χ3v) is 2.30. The van der Waals surface area contributed by atoms with Crippen LogP contribution < -0.4 is 16.5 Å². The number of rotatable bonds is 2. The molecule has 0 aromatic heterocycles. The molecule has 0 saturated heterocycles. The van der Waals surface area contributed by atoms with E-state index in [0.717, 1.165) is 24.2 Å². The Kier molecular flexibility index (Phi) is 2.37. The SMILES string of the molecule is NCc1ccc(N2CCC(N)=N2)cc1. The molecule has 1 heterocycles. The summed E-state index contributed by atoms with van der Waals surface area (Å²) in [5, 5.41) is 6.12. The molecule has 14 heavy (non-hydrogen) atoms. The molecule has 1 aromatic carbocycles. The molecule has 1 aromatic rings. The van der Waals surface area contributed by atoms with Crippen LogP contribution in [0.4, 0.5) is 5.69 Å². The van der Waals surface area contributed by atoms with E-state index >= 15 is 0 Å². The predicted octanol–water partition coefficient (Wildman–Crippen LogP) is 0.628. The van der Waals surface area contributed by atoms with E-state index in [9.17, 15) is 0 Å². The predicted molar refractivity (Wildman–Crippen MR) is 57.9 cm³/mol. The minimum atomic E-state index is 0.575. The third kappa shape index (κ3) is 1.70. The van der Waals surface area contributed by atoms with Crippen molar-refractivity contribution in [3.05, 3.63) is 29.8 Å². The molecule has 0 atom stereocenters. The first-order valence-corrected chi connectivity index (χ1v) is 4.69. The van der Waals surface area contributed by atoms with Gasteiger partial charge < -0.3 is 11.5 Å². The van der Waals surface area contributed by atoms with Gasteiger partial charge in [0, 0.05) is 19.5 Å². The summed E-state index contributed by atoms with van der Waals surface area (Å²) >= 11 is 0. The highest BCUT2D eigenvalue weighted by molar-refractivity contribution is 5.84. The summed E-state index contributed by atoms with van der Waals surface area (Å²) in [6.07, 6.45) is 0.846. The van der Waals surface area contributed by atoms with Gasteiger partial charge in [-0.3, -0.25) is 5.01 Å². The Bertz CT molecular complexity index is 342. The molecule has 0 bridgehead atoms. The van der Waals surface area contributed by atoms with Gasteiger partial charge in [-0.2, -0.15) is 5.10 Å². The second kappa shape index (κ2) is 3.67. The van der Waals surface area contributed by atoms with E-state index in [1.807, 2.05) is 29.3 Å². The Morgan fingerprint density at radius 3 is 2.50 bits per heavy atom. The Labute approximate surface area is 83.2 Å². The van der Waals surface area contributed by atoms with E-state index in [4.69, 9.17) is 11.5 Å². The minimum Gasteiger partial charge on any atom is -0.386 e. The largest absolute Gasteiger partial charge is 0.386 e. The number of hydrogen-bond acceptors (Lipinski definition) is 4. The number of nitrogens with two attached hydrogens (primary N) is 2. The van der Waals surface area contributed by atoms with Crippen molar-refractivity contribution in [3.63, 3.8) is 0 Å². The standard InChI is InChI=1S/C10H14N4/c11-7-8-1-3-9(4-2-8)14-6-5-10(12)13-14/h1-4H,5-7,11H2,(H2,12,13). The molecular formula is C10H14N4. The van der Waals surface area contributed by atoms with Crippen molar-refractivity contribution in [1.29, 1.82) is 0 Å². The van der Waals surface area contributed by atoms with Gasteiger partial charge in [-0.05, 0) is 17.7 Å². The van der Waals surface area contributed by atoms with Crippen molar-refractivity contribution in [2.75, 3.05) is 11.6 Å². The van der Waals surface area contributed by atoms with Gasteiger partial charge in [-0.1, -0.05) is 12.1 Å². The van der Waals surface area contributed by atoms with Crippen LogP contribution >= 0.6 is 0 Å². The lowest BCUT2D eigenvalue weighted by molar-refractivity contribution is 0.920. The maximum absolute atomic E-state index is 5.61. The second-order valence-corrected chi connectivity index (χ2v) is 3.34. The summed E-state index contributed by atoms with van der Waals surface area (Å²) in [5.74, 6) is 0.702. The number of nitrogens with zero attached hydrogens (tertiary/aromatic N) is 2. The Hall–Kier alpha value is -1.55. The highest BCUT2D eigenvalue weighted by atomic mass is 15.5. The molecule has 0 fully saturated rings. The number of benzene rings is 1. The quantitative estimate of drug-likeness (QED) is 0.718. The molecule has 2 rings (SSSR count). The first kappa shape index (κ1) is 9.02. The maximum Gasteiger partial charge on any atom is 0.122 e. The van der Waals surface area contributed by atoms with E-state index in [2.05, 4.69) is 5.10 Å². The Morgan fingerprint density at radius 1 is 1.29 bits per heavy atom. The third-order valence-electron chi connectivity index (χ3n) is 2.30. The number of hydrazone groups is 1. The molecule has 1 aliphatic rings. The summed E-state index contributed by atoms with van der Waals surface area (Å²) < 4.78 is 0. The van der Waals surface area contributed by atoms with Crippen molar-refractivity contribution in [2.24, 2.45) is 16.6 Å². The highest BCUT2D eigenvalue weighted by Gasteiger charge is 2.12. The average Bonchev–Trinajstić information content (AvgIpc) is 2.65. The second-order valence-electron chi connectivity index (χ2n) is 3.34. The first-order valence-electron chi connectivity index (χ1n) is 4.69. The van der Waals surface area contributed by atoms with Crippen LogP contribution in [0.2, 0.25) is 0 Å². The molecule has 0 amide bonds. The molecule has 0 saturated carbocycles. The van der Waals surface area contributed by atoms with Crippen molar-refractivity contribution < 1.29 is 0 Å². The summed E-state index contributed by atoms with van der Waals surface area (Å²) in [6.45, 7) is 1.44. The monoisotopic (exact) mass is 190 g/mol. The minimum absolute atomic E-state index is 0.575. The molecule has 0 unspecified atom stereocenters. The van der Waals surface area contributed by atoms with Crippen LogP contribution in [0.15, 0.2) is 29.4 Å². The fourth-order valence-electron chi connectivity index (χ4n) is 1.47. The number of hydrogen-bond donors (Lipinski definition) is 2. The van der Waals surface area contributed by atoms with E-state index in [1.165, 1.54) is 0 Å². The molecule has 74 valence electrons. The van der Waals surface area contributed by atoms with Crippen LogP contribution in [0.25, 0.3) is 0 Å². The maximum atomic E-state index is 5.61. The Balaban J connectivity index is 2.17. The summed E-state index contributed by atoms with van der Waals surface area (Å²) in [6, 6.07) is 8.06. The number of amidine groups is 1. The van der Waals surface area contributed by atoms with Crippen LogP contribution in [-0.2, 0) is 6.54 Å². The fraction of sp³-hybridized carbons (Fsp3) is 0.300. The zero-order valence-corrected chi connectivity index (χ0v) is 7.98. The van der Waals surface area contributed by atoms with Gasteiger partial charge in [-0.25, -0.2) is 0 Å². The van der Waals surface area contributed by atoms with Gasteiger partial charge in [0.05, 0.1) is 5.69 Å². The van der Waals surface area contributed by atoms with E-state index < -0.39 is 0 Å². The van der Waals surface area contributed by atoms with Gasteiger partial charge in [-0.15, -0.1) is 0 Å². The van der Waals surface area contributed by atoms with Gasteiger partial charge in [0.25, 0.3) is 0 Å². The molecule has 1 aliphatic heterocycles. The molecule has 0 spiro atoms. The average molecular weight is 190 g/mol. The molecule has 0 radical (unpaired) electrons. The van der Waals surface area contributed by atoms with Gasteiger partial charge in [0.15, 0.2) is 0 Å². The van der Waals surface area contributed by atoms with E-state index in [1.54, 1.807) is 0 Å². The molecule has 4 N–H and O–H groups in total. The Morgan fingerprint density at radius 2 is 2.00 bits per heavy atom. The van der Waals surface area contributed by atoms with Crippen LogP contribution in [0.1, 0.15) is 12.0 Å². The highest BCUT2D eigenvalue weighted by Crippen LogP contribution is 2.18. The lowest BCUT2D eigenvalue weighted by Gasteiger charge is -2.13. The molecule has 4 heteroatoms. The smallest absolute Gasteiger partial charge is 0.122 e.